The predicted octanol–water partition coefficient (Wildman–Crippen LogP) is 6.33. The smallest absolute Gasteiger partial charge is 0.262 e. The molecule has 1 atom stereocenters. The number of hydrogen-bond acceptors (Lipinski definition) is 4. The SMILES string of the molecule is CCC(C)c1ccc(OCC(=O)Nc2ccc3oc(-c4ccc(C)cc4)nc3c2)cc1. The van der Waals surface area contributed by atoms with Crippen molar-refractivity contribution in [3.05, 3.63) is 77.9 Å². The highest BCUT2D eigenvalue weighted by molar-refractivity contribution is 5.94. The van der Waals surface area contributed by atoms with Gasteiger partial charge < -0.3 is 14.5 Å². The van der Waals surface area contributed by atoms with Crippen molar-refractivity contribution < 1.29 is 13.9 Å². The van der Waals surface area contributed by atoms with E-state index in [2.05, 4.69) is 24.1 Å². The number of amides is 1. The van der Waals surface area contributed by atoms with Crippen LogP contribution in [-0.4, -0.2) is 17.5 Å². The number of benzene rings is 3. The third-order valence-electron chi connectivity index (χ3n) is 5.40. The average molecular weight is 415 g/mol. The lowest BCUT2D eigenvalue weighted by Gasteiger charge is -2.11. The molecule has 1 N–H and O–H groups in total. The molecule has 0 fully saturated rings. The zero-order valence-electron chi connectivity index (χ0n) is 18.0. The van der Waals surface area contributed by atoms with Crippen LogP contribution in [0.5, 0.6) is 5.75 Å². The number of anilines is 1. The van der Waals surface area contributed by atoms with Crippen molar-refractivity contribution in [2.45, 2.75) is 33.1 Å². The molecule has 4 rings (SSSR count). The Morgan fingerprint density at radius 3 is 2.52 bits per heavy atom. The highest BCUT2D eigenvalue weighted by Crippen LogP contribution is 2.26. The highest BCUT2D eigenvalue weighted by Gasteiger charge is 2.11. The van der Waals surface area contributed by atoms with Crippen LogP contribution in [-0.2, 0) is 4.79 Å². The van der Waals surface area contributed by atoms with E-state index in [1.165, 1.54) is 11.1 Å². The van der Waals surface area contributed by atoms with E-state index < -0.39 is 0 Å². The summed E-state index contributed by atoms with van der Waals surface area (Å²) in [4.78, 5) is 16.9. The number of nitrogens with zero attached hydrogens (tertiary/aromatic N) is 1. The van der Waals surface area contributed by atoms with Crippen LogP contribution in [0.4, 0.5) is 5.69 Å². The fourth-order valence-corrected chi connectivity index (χ4v) is 3.30. The monoisotopic (exact) mass is 414 g/mol. The average Bonchev–Trinajstić information content (AvgIpc) is 3.21. The fraction of sp³-hybridized carbons (Fsp3) is 0.231. The van der Waals surface area contributed by atoms with Gasteiger partial charge in [0.1, 0.15) is 11.3 Å². The van der Waals surface area contributed by atoms with Gasteiger partial charge in [0, 0.05) is 11.3 Å². The summed E-state index contributed by atoms with van der Waals surface area (Å²) in [5.41, 5.74) is 5.38. The number of hydrogen-bond donors (Lipinski definition) is 1. The second kappa shape index (κ2) is 9.04. The summed E-state index contributed by atoms with van der Waals surface area (Å²) >= 11 is 0. The summed E-state index contributed by atoms with van der Waals surface area (Å²) in [7, 11) is 0. The molecule has 0 saturated heterocycles. The number of carbonyl (C=O) groups excluding carboxylic acids is 1. The van der Waals surface area contributed by atoms with E-state index >= 15 is 0 Å². The lowest BCUT2D eigenvalue weighted by Crippen LogP contribution is -2.20. The third kappa shape index (κ3) is 4.94. The maximum absolute atomic E-state index is 12.3. The molecular weight excluding hydrogens is 388 g/mol. The lowest BCUT2D eigenvalue weighted by molar-refractivity contribution is -0.118. The first-order valence-electron chi connectivity index (χ1n) is 10.5. The van der Waals surface area contributed by atoms with E-state index in [4.69, 9.17) is 9.15 Å². The minimum Gasteiger partial charge on any atom is -0.484 e. The van der Waals surface area contributed by atoms with Gasteiger partial charge in [-0.15, -0.1) is 0 Å². The molecule has 31 heavy (non-hydrogen) atoms. The first kappa shape index (κ1) is 20.7. The van der Waals surface area contributed by atoms with Crippen molar-refractivity contribution in [2.75, 3.05) is 11.9 Å². The van der Waals surface area contributed by atoms with Gasteiger partial charge in [0.25, 0.3) is 5.91 Å². The molecule has 3 aromatic carbocycles. The normalized spacial score (nSPS) is 12.0. The lowest BCUT2D eigenvalue weighted by atomic mass is 9.99. The van der Waals surface area contributed by atoms with Crippen molar-refractivity contribution in [2.24, 2.45) is 0 Å². The first-order chi connectivity index (χ1) is 15.0. The van der Waals surface area contributed by atoms with Crippen LogP contribution in [0.2, 0.25) is 0 Å². The van der Waals surface area contributed by atoms with Gasteiger partial charge in [-0.25, -0.2) is 4.98 Å². The first-order valence-corrected chi connectivity index (χ1v) is 10.5. The zero-order valence-corrected chi connectivity index (χ0v) is 18.0. The van der Waals surface area contributed by atoms with Crippen molar-refractivity contribution in [3.8, 4) is 17.2 Å². The van der Waals surface area contributed by atoms with E-state index in [0.717, 1.165) is 12.0 Å². The van der Waals surface area contributed by atoms with Crippen LogP contribution in [0, 0.1) is 6.92 Å². The molecule has 0 saturated carbocycles. The zero-order chi connectivity index (χ0) is 21.8. The summed E-state index contributed by atoms with van der Waals surface area (Å²) in [5.74, 6) is 1.52. The van der Waals surface area contributed by atoms with Gasteiger partial charge in [-0.2, -0.15) is 0 Å². The van der Waals surface area contributed by atoms with Crippen molar-refractivity contribution in [1.29, 1.82) is 0 Å². The Morgan fingerprint density at radius 1 is 1.06 bits per heavy atom. The topological polar surface area (TPSA) is 64.4 Å². The molecule has 5 nitrogen and oxygen atoms in total. The van der Waals surface area contributed by atoms with Gasteiger partial charge in [-0.05, 0) is 67.3 Å². The number of aromatic nitrogens is 1. The number of fused-ring (bicyclic) bond motifs is 1. The summed E-state index contributed by atoms with van der Waals surface area (Å²) in [6, 6.07) is 21.3. The second-order valence-electron chi connectivity index (χ2n) is 7.78. The van der Waals surface area contributed by atoms with Gasteiger partial charge >= 0.3 is 0 Å². The minimum atomic E-state index is -0.229. The summed E-state index contributed by atoms with van der Waals surface area (Å²) < 4.78 is 11.5. The summed E-state index contributed by atoms with van der Waals surface area (Å²) in [5, 5.41) is 2.85. The Bertz CT molecular complexity index is 1180. The van der Waals surface area contributed by atoms with E-state index in [9.17, 15) is 4.79 Å². The molecule has 1 aromatic heterocycles. The number of rotatable bonds is 7. The van der Waals surface area contributed by atoms with E-state index in [1.54, 1.807) is 12.1 Å². The van der Waals surface area contributed by atoms with Crippen LogP contribution >= 0.6 is 0 Å². The highest BCUT2D eigenvalue weighted by atomic mass is 16.5. The molecule has 0 aliphatic rings. The molecule has 5 heteroatoms. The second-order valence-corrected chi connectivity index (χ2v) is 7.78. The molecule has 0 spiro atoms. The molecule has 0 bridgehead atoms. The maximum atomic E-state index is 12.3. The van der Waals surface area contributed by atoms with E-state index in [1.807, 2.05) is 61.5 Å². The predicted molar refractivity (Wildman–Crippen MR) is 123 cm³/mol. The fourth-order valence-electron chi connectivity index (χ4n) is 3.30. The molecule has 0 radical (unpaired) electrons. The molecule has 1 heterocycles. The van der Waals surface area contributed by atoms with Crippen molar-refractivity contribution in [3.63, 3.8) is 0 Å². The third-order valence-corrected chi connectivity index (χ3v) is 5.40. The Balaban J connectivity index is 1.38. The largest absolute Gasteiger partial charge is 0.484 e. The molecule has 0 aliphatic heterocycles. The Labute approximate surface area is 182 Å². The minimum absolute atomic E-state index is 0.0614. The van der Waals surface area contributed by atoms with Gasteiger partial charge in [-0.1, -0.05) is 43.7 Å². The van der Waals surface area contributed by atoms with Crippen molar-refractivity contribution in [1.82, 2.24) is 4.98 Å². The summed E-state index contributed by atoms with van der Waals surface area (Å²) in [6.45, 7) is 6.34. The molecule has 1 amide bonds. The number of ether oxygens (including phenoxy) is 1. The molecule has 1 unspecified atom stereocenters. The van der Waals surface area contributed by atoms with Crippen LogP contribution < -0.4 is 10.1 Å². The standard InChI is InChI=1S/C26H26N2O3/c1-4-18(3)19-9-12-22(13-10-19)30-16-25(29)27-21-11-14-24-23(15-21)28-26(31-24)20-7-5-17(2)6-8-20/h5-15,18H,4,16H2,1-3H3,(H,27,29). The number of oxazole rings is 1. The number of aryl methyl sites for hydroxylation is 1. The van der Waals surface area contributed by atoms with Gasteiger partial charge in [0.15, 0.2) is 12.2 Å². The van der Waals surface area contributed by atoms with E-state index in [0.29, 0.717) is 34.3 Å². The van der Waals surface area contributed by atoms with Gasteiger partial charge in [-0.3, -0.25) is 4.79 Å². The van der Waals surface area contributed by atoms with Gasteiger partial charge in [0.05, 0.1) is 0 Å². The Kier molecular flexibility index (Phi) is 6.03. The molecule has 0 aliphatic carbocycles. The van der Waals surface area contributed by atoms with Crippen LogP contribution in [0.1, 0.15) is 37.3 Å². The molecule has 158 valence electrons. The molecule has 4 aromatic rings. The summed E-state index contributed by atoms with van der Waals surface area (Å²) in [6.07, 6.45) is 1.09. The Hall–Kier alpha value is -3.60. The van der Waals surface area contributed by atoms with Gasteiger partial charge in [0.2, 0.25) is 5.89 Å². The quantitative estimate of drug-likeness (QED) is 0.383. The van der Waals surface area contributed by atoms with Crippen LogP contribution in [0.25, 0.3) is 22.6 Å². The maximum Gasteiger partial charge on any atom is 0.262 e. The Morgan fingerprint density at radius 2 is 1.81 bits per heavy atom. The van der Waals surface area contributed by atoms with Crippen LogP contribution in [0.3, 0.4) is 0 Å². The number of nitrogens with one attached hydrogen (secondary N) is 1. The van der Waals surface area contributed by atoms with Crippen molar-refractivity contribution >= 4 is 22.7 Å². The number of carbonyl (C=O) groups is 1. The van der Waals surface area contributed by atoms with E-state index in [-0.39, 0.29) is 12.5 Å². The van der Waals surface area contributed by atoms with Crippen LogP contribution in [0.15, 0.2) is 71.1 Å². The molecular formula is C26H26N2O3.